The number of amidine groups is 1. The van der Waals surface area contributed by atoms with Crippen LogP contribution in [0.2, 0.25) is 0 Å². The molecule has 0 unspecified atom stereocenters. The van der Waals surface area contributed by atoms with Crippen molar-refractivity contribution < 1.29 is 0 Å². The molecule has 50 valence electrons. The molecule has 0 amide bonds. The van der Waals surface area contributed by atoms with Crippen LogP contribution in [0, 0.1) is 0 Å². The lowest BCUT2D eigenvalue weighted by Gasteiger charge is -1.90. The minimum Gasteiger partial charge on any atom is -0.369 e. The van der Waals surface area contributed by atoms with Crippen LogP contribution < -0.4 is 5.32 Å². The number of aliphatic imine (C=N–C) groups is 1. The lowest BCUT2D eigenvalue weighted by atomic mass is 10.4. The summed E-state index contributed by atoms with van der Waals surface area (Å²) in [5.74, 6) is 1.04. The molecule has 1 aliphatic heterocycles. The van der Waals surface area contributed by atoms with Crippen LogP contribution in [0.3, 0.4) is 0 Å². The summed E-state index contributed by atoms with van der Waals surface area (Å²) in [6.07, 6.45) is 5.23. The van der Waals surface area contributed by atoms with Crippen molar-refractivity contribution >= 4 is 5.84 Å². The van der Waals surface area contributed by atoms with E-state index in [0.29, 0.717) is 0 Å². The van der Waals surface area contributed by atoms with Crippen molar-refractivity contribution in [1.82, 2.24) is 5.32 Å². The fourth-order valence-electron chi connectivity index (χ4n) is 0.757. The van der Waals surface area contributed by atoms with Crippen molar-refractivity contribution in [2.75, 3.05) is 13.1 Å². The van der Waals surface area contributed by atoms with E-state index in [1.807, 2.05) is 6.08 Å². The van der Waals surface area contributed by atoms with Crippen LogP contribution >= 0.6 is 0 Å². The van der Waals surface area contributed by atoms with E-state index in [0.717, 1.165) is 25.3 Å². The first kappa shape index (κ1) is 6.33. The molecule has 0 radical (unpaired) electrons. The van der Waals surface area contributed by atoms with Crippen molar-refractivity contribution in [2.24, 2.45) is 4.99 Å². The van der Waals surface area contributed by atoms with Gasteiger partial charge >= 0.3 is 0 Å². The first-order valence-corrected chi connectivity index (χ1v) is 3.38. The predicted molar refractivity (Wildman–Crippen MR) is 39.7 cm³/mol. The fourth-order valence-corrected chi connectivity index (χ4v) is 0.757. The molecular weight excluding hydrogens is 112 g/mol. The summed E-state index contributed by atoms with van der Waals surface area (Å²) in [7, 11) is 0. The number of allylic oxidation sites excluding steroid dienone is 1. The van der Waals surface area contributed by atoms with Gasteiger partial charge in [-0.15, -0.1) is 0 Å². The van der Waals surface area contributed by atoms with Gasteiger partial charge in [0.2, 0.25) is 0 Å². The molecule has 1 aliphatic rings. The first-order chi connectivity index (χ1) is 4.43. The van der Waals surface area contributed by atoms with Crippen LogP contribution in [0.5, 0.6) is 0 Å². The Balaban J connectivity index is 2.34. The summed E-state index contributed by atoms with van der Waals surface area (Å²) in [5, 5.41) is 3.15. The molecule has 0 fully saturated rings. The molecule has 0 bridgehead atoms. The Kier molecular flexibility index (Phi) is 2.31. The van der Waals surface area contributed by atoms with Crippen molar-refractivity contribution in [3.05, 3.63) is 12.2 Å². The van der Waals surface area contributed by atoms with Crippen LogP contribution in [-0.2, 0) is 0 Å². The molecule has 0 aliphatic carbocycles. The second kappa shape index (κ2) is 3.28. The number of hydrogen-bond donors (Lipinski definition) is 1. The Morgan fingerprint density at radius 3 is 3.22 bits per heavy atom. The zero-order valence-electron chi connectivity index (χ0n) is 5.72. The SMILES string of the molecule is CC/C=C/C1=NCCN1. The molecule has 0 saturated heterocycles. The summed E-state index contributed by atoms with van der Waals surface area (Å²) >= 11 is 0. The average molecular weight is 124 g/mol. The molecule has 0 spiro atoms. The zero-order chi connectivity index (χ0) is 6.53. The van der Waals surface area contributed by atoms with E-state index >= 15 is 0 Å². The van der Waals surface area contributed by atoms with E-state index in [1.165, 1.54) is 0 Å². The zero-order valence-corrected chi connectivity index (χ0v) is 5.72. The Morgan fingerprint density at radius 2 is 2.67 bits per heavy atom. The third-order valence-corrected chi connectivity index (χ3v) is 1.21. The van der Waals surface area contributed by atoms with Gasteiger partial charge in [-0.3, -0.25) is 4.99 Å². The molecule has 1 N–H and O–H groups in total. The van der Waals surface area contributed by atoms with E-state index < -0.39 is 0 Å². The number of rotatable bonds is 2. The Morgan fingerprint density at radius 1 is 1.78 bits per heavy atom. The Hall–Kier alpha value is -0.790. The Labute approximate surface area is 55.7 Å². The highest BCUT2D eigenvalue weighted by atomic mass is 15.1. The first-order valence-electron chi connectivity index (χ1n) is 3.38. The van der Waals surface area contributed by atoms with Crippen molar-refractivity contribution in [3.63, 3.8) is 0 Å². The molecule has 2 nitrogen and oxygen atoms in total. The van der Waals surface area contributed by atoms with Crippen LogP contribution in [-0.4, -0.2) is 18.9 Å². The van der Waals surface area contributed by atoms with Gasteiger partial charge < -0.3 is 5.32 Å². The molecule has 1 rings (SSSR count). The molecule has 0 atom stereocenters. The normalized spacial score (nSPS) is 18.1. The molecule has 0 aromatic carbocycles. The monoisotopic (exact) mass is 124 g/mol. The predicted octanol–water partition coefficient (Wildman–Crippen LogP) is 0.954. The maximum atomic E-state index is 4.19. The number of hydrogen-bond acceptors (Lipinski definition) is 2. The highest BCUT2D eigenvalue weighted by Crippen LogP contribution is 1.87. The summed E-state index contributed by atoms with van der Waals surface area (Å²) in [6, 6.07) is 0. The number of nitrogens with zero attached hydrogens (tertiary/aromatic N) is 1. The molecular formula is C7H12N2. The minimum absolute atomic E-state index is 0.934. The van der Waals surface area contributed by atoms with Gasteiger partial charge in [-0.1, -0.05) is 13.0 Å². The summed E-state index contributed by atoms with van der Waals surface area (Å²) in [4.78, 5) is 4.19. The minimum atomic E-state index is 0.934. The lowest BCUT2D eigenvalue weighted by Crippen LogP contribution is -2.15. The quantitative estimate of drug-likeness (QED) is 0.582. The van der Waals surface area contributed by atoms with Crippen molar-refractivity contribution in [1.29, 1.82) is 0 Å². The second-order valence-corrected chi connectivity index (χ2v) is 2.00. The van der Waals surface area contributed by atoms with Gasteiger partial charge in [0.15, 0.2) is 0 Å². The highest BCUT2D eigenvalue weighted by Gasteiger charge is 1.97. The third kappa shape index (κ3) is 1.88. The smallest absolute Gasteiger partial charge is 0.120 e. The van der Waals surface area contributed by atoms with E-state index in [1.54, 1.807) is 0 Å². The largest absolute Gasteiger partial charge is 0.369 e. The van der Waals surface area contributed by atoms with Crippen LogP contribution in [0.25, 0.3) is 0 Å². The van der Waals surface area contributed by atoms with E-state index in [-0.39, 0.29) is 0 Å². The topological polar surface area (TPSA) is 24.4 Å². The van der Waals surface area contributed by atoms with Gasteiger partial charge in [-0.25, -0.2) is 0 Å². The van der Waals surface area contributed by atoms with Gasteiger partial charge in [-0.05, 0) is 12.5 Å². The van der Waals surface area contributed by atoms with Crippen molar-refractivity contribution in [2.45, 2.75) is 13.3 Å². The van der Waals surface area contributed by atoms with Gasteiger partial charge in [0.1, 0.15) is 5.84 Å². The van der Waals surface area contributed by atoms with Crippen molar-refractivity contribution in [3.8, 4) is 0 Å². The average Bonchev–Trinajstić information content (AvgIpc) is 2.34. The fraction of sp³-hybridized carbons (Fsp3) is 0.571. The van der Waals surface area contributed by atoms with Crippen LogP contribution in [0.1, 0.15) is 13.3 Å². The molecule has 0 aromatic heterocycles. The van der Waals surface area contributed by atoms with E-state index in [4.69, 9.17) is 0 Å². The van der Waals surface area contributed by atoms with Gasteiger partial charge in [0.05, 0.1) is 6.54 Å². The highest BCUT2D eigenvalue weighted by molar-refractivity contribution is 5.93. The van der Waals surface area contributed by atoms with E-state index in [9.17, 15) is 0 Å². The standard InChI is InChI=1S/C7H12N2/c1-2-3-4-7-8-5-6-9-7/h3-4H,2,5-6H2,1H3,(H,8,9)/b4-3+. The lowest BCUT2D eigenvalue weighted by molar-refractivity contribution is 0.961. The molecule has 0 aromatic rings. The van der Waals surface area contributed by atoms with Crippen LogP contribution in [0.15, 0.2) is 17.1 Å². The van der Waals surface area contributed by atoms with E-state index in [2.05, 4.69) is 23.3 Å². The molecule has 9 heavy (non-hydrogen) atoms. The summed E-state index contributed by atoms with van der Waals surface area (Å²) in [5.41, 5.74) is 0. The van der Waals surface area contributed by atoms with Gasteiger partial charge in [0, 0.05) is 6.54 Å². The molecule has 1 heterocycles. The summed E-state index contributed by atoms with van der Waals surface area (Å²) < 4.78 is 0. The van der Waals surface area contributed by atoms with Gasteiger partial charge in [0.25, 0.3) is 0 Å². The maximum Gasteiger partial charge on any atom is 0.120 e. The molecule has 0 saturated carbocycles. The second-order valence-electron chi connectivity index (χ2n) is 2.00. The summed E-state index contributed by atoms with van der Waals surface area (Å²) in [6.45, 7) is 4.05. The third-order valence-electron chi connectivity index (χ3n) is 1.21. The number of nitrogens with one attached hydrogen (secondary N) is 1. The Bertz CT molecular complexity index is 136. The van der Waals surface area contributed by atoms with Crippen LogP contribution in [0.4, 0.5) is 0 Å². The maximum absolute atomic E-state index is 4.19. The molecule has 2 heteroatoms. The van der Waals surface area contributed by atoms with Gasteiger partial charge in [-0.2, -0.15) is 0 Å².